The van der Waals surface area contributed by atoms with Gasteiger partial charge in [0.2, 0.25) is 5.91 Å². The lowest BCUT2D eigenvalue weighted by Gasteiger charge is -2.35. The molecule has 0 spiro atoms. The Hall–Kier alpha value is -1.99. The molecule has 2 N–H and O–H groups in total. The van der Waals surface area contributed by atoms with Crippen LogP contribution < -0.4 is 5.32 Å². The number of nitrogens with zero attached hydrogens (tertiary/aromatic N) is 1. The van der Waals surface area contributed by atoms with Crippen LogP contribution in [0.2, 0.25) is 0 Å². The number of carbonyl (C=O) groups is 2. The number of rotatable bonds is 7. The molecule has 1 heterocycles. The molecule has 0 aromatic heterocycles. The molecule has 2 rings (SSSR count). The second kappa shape index (κ2) is 8.57. The number of aliphatic hydroxyl groups is 1. The number of benzene rings is 1. The molecule has 1 aliphatic heterocycles. The first kappa shape index (κ1) is 22.3. The lowest BCUT2D eigenvalue weighted by atomic mass is 9.86. The fourth-order valence-electron chi connectivity index (χ4n) is 3.98. The highest BCUT2D eigenvalue weighted by Gasteiger charge is 2.56. The number of hydrogen-bond donors (Lipinski definition) is 2. The summed E-state index contributed by atoms with van der Waals surface area (Å²) in [5.41, 5.74) is -0.609. The quantitative estimate of drug-likeness (QED) is 0.694. The summed E-state index contributed by atoms with van der Waals surface area (Å²) in [7, 11) is 3.15. The molecule has 0 unspecified atom stereocenters. The van der Waals surface area contributed by atoms with Crippen LogP contribution in [0.4, 0.5) is 4.39 Å². The number of esters is 1. The van der Waals surface area contributed by atoms with Gasteiger partial charge in [-0.2, -0.15) is 0 Å². The fourth-order valence-corrected chi connectivity index (χ4v) is 3.98. The number of methoxy groups -OCH3 is 1. The third-order valence-corrected chi connectivity index (χ3v) is 5.90. The van der Waals surface area contributed by atoms with Crippen molar-refractivity contribution in [3.63, 3.8) is 0 Å². The molecule has 28 heavy (non-hydrogen) atoms. The summed E-state index contributed by atoms with van der Waals surface area (Å²) in [5.74, 6) is -1.44. The van der Waals surface area contributed by atoms with E-state index in [1.54, 1.807) is 19.2 Å². The maximum atomic E-state index is 13.4. The molecule has 6 nitrogen and oxygen atoms in total. The molecule has 0 aliphatic carbocycles. The van der Waals surface area contributed by atoms with E-state index in [1.165, 1.54) is 19.2 Å². The molecule has 0 bridgehead atoms. The number of amides is 1. The van der Waals surface area contributed by atoms with Gasteiger partial charge in [0, 0.05) is 24.6 Å². The van der Waals surface area contributed by atoms with Crippen LogP contribution in [0, 0.1) is 17.2 Å². The summed E-state index contributed by atoms with van der Waals surface area (Å²) in [6.45, 7) is 5.87. The molecule has 1 fully saturated rings. The Bertz CT molecular complexity index is 707. The number of halogens is 1. The zero-order valence-electron chi connectivity index (χ0n) is 17.3. The van der Waals surface area contributed by atoms with Crippen molar-refractivity contribution < 1.29 is 23.8 Å². The van der Waals surface area contributed by atoms with Crippen molar-refractivity contribution in [1.82, 2.24) is 10.2 Å². The van der Waals surface area contributed by atoms with E-state index in [1.807, 2.05) is 25.7 Å². The molecule has 1 saturated heterocycles. The Morgan fingerprint density at radius 2 is 1.96 bits per heavy atom. The molecule has 0 radical (unpaired) electrons. The zero-order valence-corrected chi connectivity index (χ0v) is 17.3. The first-order valence-corrected chi connectivity index (χ1v) is 9.57. The van der Waals surface area contributed by atoms with Crippen molar-refractivity contribution in [2.45, 2.75) is 45.2 Å². The number of hydrogen-bond acceptors (Lipinski definition) is 5. The number of carbonyl (C=O) groups excluding carboxylic acids is 2. The van der Waals surface area contributed by atoms with Crippen molar-refractivity contribution >= 4 is 11.9 Å². The van der Waals surface area contributed by atoms with Gasteiger partial charge < -0.3 is 15.2 Å². The summed E-state index contributed by atoms with van der Waals surface area (Å²) in [6, 6.07) is 5.63. The minimum atomic E-state index is -0.928. The lowest BCUT2D eigenvalue weighted by Crippen LogP contribution is -2.49. The first-order chi connectivity index (χ1) is 13.1. The van der Waals surface area contributed by atoms with E-state index in [-0.39, 0.29) is 24.3 Å². The first-order valence-electron chi connectivity index (χ1n) is 9.57. The second-order valence-corrected chi connectivity index (χ2v) is 8.33. The predicted molar refractivity (Wildman–Crippen MR) is 104 cm³/mol. The number of likely N-dealkylation sites (N-methyl/N-ethyl adjacent to an activating group) is 1. The third kappa shape index (κ3) is 4.20. The van der Waals surface area contributed by atoms with Crippen LogP contribution in [0.3, 0.4) is 0 Å². The third-order valence-electron chi connectivity index (χ3n) is 5.90. The topological polar surface area (TPSA) is 78.9 Å². The lowest BCUT2D eigenvalue weighted by molar-refractivity contribution is -0.153. The van der Waals surface area contributed by atoms with Gasteiger partial charge in [-0.15, -0.1) is 0 Å². The van der Waals surface area contributed by atoms with Gasteiger partial charge in [-0.25, -0.2) is 4.39 Å². The molecule has 1 aromatic carbocycles. The summed E-state index contributed by atoms with van der Waals surface area (Å²) in [6.07, 6.45) is 0.792. The zero-order chi connectivity index (χ0) is 21.1. The van der Waals surface area contributed by atoms with Crippen molar-refractivity contribution in [2.24, 2.45) is 11.3 Å². The van der Waals surface area contributed by atoms with Crippen LogP contribution >= 0.6 is 0 Å². The van der Waals surface area contributed by atoms with Gasteiger partial charge in [0.25, 0.3) is 0 Å². The van der Waals surface area contributed by atoms with Crippen molar-refractivity contribution in [1.29, 1.82) is 0 Å². The van der Waals surface area contributed by atoms with Gasteiger partial charge in [-0.3, -0.25) is 14.5 Å². The highest BCUT2D eigenvalue weighted by atomic mass is 19.1. The Labute approximate surface area is 166 Å². The van der Waals surface area contributed by atoms with Crippen LogP contribution in [0.5, 0.6) is 0 Å². The van der Waals surface area contributed by atoms with E-state index >= 15 is 0 Å². The number of aliphatic hydroxyl groups excluding tert-OH is 1. The average molecular weight is 394 g/mol. The minimum absolute atomic E-state index is 0.0553. The Morgan fingerprint density at radius 3 is 2.46 bits per heavy atom. The van der Waals surface area contributed by atoms with E-state index in [4.69, 9.17) is 4.74 Å². The van der Waals surface area contributed by atoms with Gasteiger partial charge in [0.05, 0.1) is 13.0 Å². The summed E-state index contributed by atoms with van der Waals surface area (Å²) in [4.78, 5) is 27.6. The molecule has 1 aromatic rings. The van der Waals surface area contributed by atoms with Gasteiger partial charge in [0.15, 0.2) is 0 Å². The predicted octanol–water partition coefficient (Wildman–Crippen LogP) is 2.28. The maximum absolute atomic E-state index is 13.4. The molecule has 0 saturated carbocycles. The van der Waals surface area contributed by atoms with Crippen molar-refractivity contribution in [2.75, 3.05) is 27.3 Å². The van der Waals surface area contributed by atoms with Crippen molar-refractivity contribution in [3.05, 3.63) is 35.6 Å². The molecule has 156 valence electrons. The molecule has 1 aliphatic rings. The number of ether oxygens (including phenoxy) is 1. The fraction of sp³-hybridized carbons (Fsp3) is 0.619. The second-order valence-electron chi connectivity index (χ2n) is 8.33. The summed E-state index contributed by atoms with van der Waals surface area (Å²) in [5, 5.41) is 12.4. The van der Waals surface area contributed by atoms with Gasteiger partial charge in [0.1, 0.15) is 11.4 Å². The van der Waals surface area contributed by atoms with E-state index in [9.17, 15) is 19.1 Å². The highest BCUT2D eigenvalue weighted by Crippen LogP contribution is 2.48. The standard InChI is InChI=1S/C21H31FN2O4/c1-6-21(19(27)28-5)11-16(18(26)23-12-20(2,3)13-25)17(24(21)4)14-7-9-15(22)10-8-14/h7-10,16-17,25H,6,11-13H2,1-5H3,(H,23,26)/t16-,17-,21-/m1/s1. The molecular weight excluding hydrogens is 363 g/mol. The Morgan fingerprint density at radius 1 is 1.36 bits per heavy atom. The smallest absolute Gasteiger partial charge is 0.326 e. The van der Waals surface area contributed by atoms with Gasteiger partial charge >= 0.3 is 5.97 Å². The van der Waals surface area contributed by atoms with E-state index in [0.29, 0.717) is 19.4 Å². The van der Waals surface area contributed by atoms with Crippen LogP contribution in [0.25, 0.3) is 0 Å². The minimum Gasteiger partial charge on any atom is -0.468 e. The monoisotopic (exact) mass is 394 g/mol. The van der Waals surface area contributed by atoms with Crippen molar-refractivity contribution in [3.8, 4) is 0 Å². The van der Waals surface area contributed by atoms with Crippen LogP contribution in [0.15, 0.2) is 24.3 Å². The van der Waals surface area contributed by atoms with Gasteiger partial charge in [-0.05, 0) is 37.6 Å². The number of nitrogens with one attached hydrogen (secondary N) is 1. The highest BCUT2D eigenvalue weighted by molar-refractivity contribution is 5.86. The SMILES string of the molecule is CC[C@]1(C(=O)OC)C[C@@H](C(=O)NCC(C)(C)CO)[C@@H](c2ccc(F)cc2)N1C. The molecule has 3 atom stereocenters. The number of likely N-dealkylation sites (tertiary alicyclic amines) is 1. The Kier molecular flexibility index (Phi) is 6.83. The molecular formula is C21H31FN2O4. The Balaban J connectivity index is 2.39. The molecule has 1 amide bonds. The van der Waals surface area contributed by atoms with Crippen LogP contribution in [-0.4, -0.2) is 54.7 Å². The van der Waals surface area contributed by atoms with Crippen LogP contribution in [0.1, 0.15) is 45.2 Å². The van der Waals surface area contributed by atoms with Gasteiger partial charge in [-0.1, -0.05) is 32.9 Å². The summed E-state index contributed by atoms with van der Waals surface area (Å²) < 4.78 is 18.5. The maximum Gasteiger partial charge on any atom is 0.326 e. The summed E-state index contributed by atoms with van der Waals surface area (Å²) >= 11 is 0. The van der Waals surface area contributed by atoms with E-state index in [2.05, 4.69) is 5.32 Å². The normalized spacial score (nSPS) is 25.5. The van der Waals surface area contributed by atoms with E-state index < -0.39 is 22.9 Å². The van der Waals surface area contributed by atoms with Crippen LogP contribution in [-0.2, 0) is 14.3 Å². The average Bonchev–Trinajstić information content (AvgIpc) is 3.00. The molecule has 7 heteroatoms. The largest absolute Gasteiger partial charge is 0.468 e. The van der Waals surface area contributed by atoms with E-state index in [0.717, 1.165) is 5.56 Å².